The molecule has 0 aromatic heterocycles. The fraction of sp³-hybridized carbons (Fsp3) is 0.625. The molecule has 0 aliphatic rings. The minimum atomic E-state index is -0.521. The van der Waals surface area contributed by atoms with Crippen LogP contribution in [0.4, 0.5) is 8.78 Å². The third kappa shape index (κ3) is 5.27. The van der Waals surface area contributed by atoms with E-state index in [1.165, 1.54) is 6.07 Å². The molecule has 1 unspecified atom stereocenters. The molecule has 0 aliphatic carbocycles. The molecule has 0 amide bonds. The molecule has 19 heavy (non-hydrogen) atoms. The molecule has 0 radical (unpaired) electrons. The summed E-state index contributed by atoms with van der Waals surface area (Å²) in [5.41, 5.74) is 0.588. The first-order chi connectivity index (χ1) is 8.65. The number of rotatable bonds is 5. The minimum absolute atomic E-state index is 0.0358. The second kappa shape index (κ2) is 6.00. The van der Waals surface area contributed by atoms with E-state index in [9.17, 15) is 8.78 Å². The van der Waals surface area contributed by atoms with Gasteiger partial charge < -0.3 is 5.32 Å². The molecule has 0 spiro atoms. The van der Waals surface area contributed by atoms with Crippen molar-refractivity contribution in [3.63, 3.8) is 0 Å². The average Bonchev–Trinajstić information content (AvgIpc) is 2.30. The van der Waals surface area contributed by atoms with Crippen LogP contribution in [0.1, 0.15) is 46.6 Å². The SMILES string of the molecule is CCC(C)(CNC(C)(C)C)Cc1ccc(F)cc1F. The Balaban J connectivity index is 2.80. The molecule has 1 aromatic carbocycles. The van der Waals surface area contributed by atoms with Crippen LogP contribution in [0.5, 0.6) is 0 Å². The summed E-state index contributed by atoms with van der Waals surface area (Å²) in [5.74, 6) is -0.970. The lowest BCUT2D eigenvalue weighted by Gasteiger charge is -2.33. The molecule has 0 fully saturated rings. The van der Waals surface area contributed by atoms with Crippen LogP contribution in [0, 0.1) is 17.0 Å². The third-order valence-corrected chi connectivity index (χ3v) is 3.53. The Morgan fingerprint density at radius 3 is 2.21 bits per heavy atom. The van der Waals surface area contributed by atoms with Crippen LogP contribution in [-0.2, 0) is 6.42 Å². The molecule has 0 bridgehead atoms. The molecule has 1 aromatic rings. The van der Waals surface area contributed by atoms with Crippen molar-refractivity contribution in [1.82, 2.24) is 5.32 Å². The summed E-state index contributed by atoms with van der Waals surface area (Å²) < 4.78 is 26.6. The maximum absolute atomic E-state index is 13.7. The third-order valence-electron chi connectivity index (χ3n) is 3.53. The fourth-order valence-corrected chi connectivity index (χ4v) is 1.92. The van der Waals surface area contributed by atoms with Crippen LogP contribution in [-0.4, -0.2) is 12.1 Å². The highest BCUT2D eigenvalue weighted by Crippen LogP contribution is 2.28. The Hall–Kier alpha value is -0.960. The van der Waals surface area contributed by atoms with Gasteiger partial charge in [-0.15, -0.1) is 0 Å². The maximum atomic E-state index is 13.7. The van der Waals surface area contributed by atoms with Gasteiger partial charge in [-0.3, -0.25) is 0 Å². The van der Waals surface area contributed by atoms with Crippen LogP contribution in [0.3, 0.4) is 0 Å². The Labute approximate surface area is 115 Å². The lowest BCUT2D eigenvalue weighted by atomic mass is 9.80. The Morgan fingerprint density at radius 1 is 1.11 bits per heavy atom. The molecular weight excluding hydrogens is 244 g/mol. The van der Waals surface area contributed by atoms with Gasteiger partial charge >= 0.3 is 0 Å². The molecule has 1 atom stereocenters. The highest BCUT2D eigenvalue weighted by Gasteiger charge is 2.26. The minimum Gasteiger partial charge on any atom is -0.312 e. The van der Waals surface area contributed by atoms with Gasteiger partial charge in [-0.1, -0.05) is 19.9 Å². The number of benzene rings is 1. The first-order valence-corrected chi connectivity index (χ1v) is 6.84. The van der Waals surface area contributed by atoms with Crippen LogP contribution < -0.4 is 5.32 Å². The predicted molar refractivity (Wildman–Crippen MR) is 76.2 cm³/mol. The van der Waals surface area contributed by atoms with Gasteiger partial charge in [0.05, 0.1) is 0 Å². The van der Waals surface area contributed by atoms with Gasteiger partial charge in [-0.2, -0.15) is 0 Å². The fourth-order valence-electron chi connectivity index (χ4n) is 1.92. The molecule has 3 heteroatoms. The molecular formula is C16H25F2N. The van der Waals surface area contributed by atoms with Crippen molar-refractivity contribution >= 4 is 0 Å². The zero-order valence-corrected chi connectivity index (χ0v) is 12.6. The van der Waals surface area contributed by atoms with Crippen molar-refractivity contribution in [3.8, 4) is 0 Å². The number of hydrogen-bond donors (Lipinski definition) is 1. The van der Waals surface area contributed by atoms with E-state index in [4.69, 9.17) is 0 Å². The van der Waals surface area contributed by atoms with E-state index < -0.39 is 11.6 Å². The van der Waals surface area contributed by atoms with Crippen molar-refractivity contribution in [3.05, 3.63) is 35.4 Å². The largest absolute Gasteiger partial charge is 0.312 e. The Bertz CT molecular complexity index is 423. The number of hydrogen-bond acceptors (Lipinski definition) is 1. The van der Waals surface area contributed by atoms with Crippen molar-refractivity contribution in [1.29, 1.82) is 0 Å². The molecule has 0 heterocycles. The highest BCUT2D eigenvalue weighted by molar-refractivity contribution is 5.20. The summed E-state index contributed by atoms with van der Waals surface area (Å²) in [5, 5.41) is 3.47. The summed E-state index contributed by atoms with van der Waals surface area (Å²) in [6.45, 7) is 11.4. The monoisotopic (exact) mass is 269 g/mol. The van der Waals surface area contributed by atoms with Gasteiger partial charge in [0.15, 0.2) is 0 Å². The van der Waals surface area contributed by atoms with E-state index in [0.717, 1.165) is 19.0 Å². The van der Waals surface area contributed by atoms with Gasteiger partial charge in [-0.25, -0.2) is 8.78 Å². The molecule has 1 nitrogen and oxygen atoms in total. The van der Waals surface area contributed by atoms with Gasteiger partial charge in [0.25, 0.3) is 0 Å². The Morgan fingerprint density at radius 2 is 1.74 bits per heavy atom. The Kier molecular flexibility index (Phi) is 5.08. The van der Waals surface area contributed by atoms with Gasteiger partial charge in [-0.05, 0) is 50.7 Å². The summed E-state index contributed by atoms with van der Waals surface area (Å²) >= 11 is 0. The highest BCUT2D eigenvalue weighted by atomic mass is 19.1. The summed E-state index contributed by atoms with van der Waals surface area (Å²) in [7, 11) is 0. The lowest BCUT2D eigenvalue weighted by Crippen LogP contribution is -2.43. The molecule has 0 aliphatic heterocycles. The second-order valence-corrected chi connectivity index (χ2v) is 6.68. The molecule has 1 N–H and O–H groups in total. The van der Waals surface area contributed by atoms with Crippen molar-refractivity contribution in [2.24, 2.45) is 5.41 Å². The maximum Gasteiger partial charge on any atom is 0.129 e. The van der Waals surface area contributed by atoms with E-state index >= 15 is 0 Å². The standard InChI is InChI=1S/C16H25F2N/c1-6-16(5,11-19-15(2,3)4)10-12-7-8-13(17)9-14(12)18/h7-9,19H,6,10-11H2,1-5H3. The predicted octanol–water partition coefficient (Wildman–Crippen LogP) is 4.31. The lowest BCUT2D eigenvalue weighted by molar-refractivity contribution is 0.252. The van der Waals surface area contributed by atoms with Gasteiger partial charge in [0.2, 0.25) is 0 Å². The first-order valence-electron chi connectivity index (χ1n) is 6.84. The zero-order chi connectivity index (χ0) is 14.7. The van der Waals surface area contributed by atoms with Crippen LogP contribution in [0.2, 0.25) is 0 Å². The van der Waals surface area contributed by atoms with E-state index in [1.54, 1.807) is 6.07 Å². The van der Waals surface area contributed by atoms with E-state index in [-0.39, 0.29) is 11.0 Å². The number of nitrogens with one attached hydrogen (secondary N) is 1. The van der Waals surface area contributed by atoms with Crippen molar-refractivity contribution in [2.75, 3.05) is 6.54 Å². The van der Waals surface area contributed by atoms with Crippen LogP contribution >= 0.6 is 0 Å². The van der Waals surface area contributed by atoms with E-state index in [0.29, 0.717) is 12.0 Å². The van der Waals surface area contributed by atoms with Crippen molar-refractivity contribution in [2.45, 2.75) is 53.0 Å². The topological polar surface area (TPSA) is 12.0 Å². The molecule has 0 saturated carbocycles. The van der Waals surface area contributed by atoms with E-state index in [2.05, 4.69) is 39.9 Å². The summed E-state index contributed by atoms with van der Waals surface area (Å²) in [6.07, 6.45) is 1.55. The number of halogens is 2. The van der Waals surface area contributed by atoms with Crippen molar-refractivity contribution < 1.29 is 8.78 Å². The smallest absolute Gasteiger partial charge is 0.129 e. The van der Waals surface area contributed by atoms with E-state index in [1.807, 2.05) is 0 Å². The molecule has 0 saturated heterocycles. The second-order valence-electron chi connectivity index (χ2n) is 6.68. The van der Waals surface area contributed by atoms with Crippen LogP contribution in [0.25, 0.3) is 0 Å². The molecule has 108 valence electrons. The van der Waals surface area contributed by atoms with Gasteiger partial charge in [0, 0.05) is 18.2 Å². The summed E-state index contributed by atoms with van der Waals surface area (Å²) in [6, 6.07) is 3.84. The van der Waals surface area contributed by atoms with Crippen LogP contribution in [0.15, 0.2) is 18.2 Å². The van der Waals surface area contributed by atoms with Gasteiger partial charge in [0.1, 0.15) is 11.6 Å². The molecule has 1 rings (SSSR count). The quantitative estimate of drug-likeness (QED) is 0.839. The average molecular weight is 269 g/mol. The zero-order valence-electron chi connectivity index (χ0n) is 12.6. The summed E-state index contributed by atoms with van der Waals surface area (Å²) in [4.78, 5) is 0. The normalized spacial score (nSPS) is 15.3. The first kappa shape index (κ1) is 16.1.